The summed E-state index contributed by atoms with van der Waals surface area (Å²) >= 11 is 0. The summed E-state index contributed by atoms with van der Waals surface area (Å²) in [6.07, 6.45) is 1.48. The van der Waals surface area contributed by atoms with Gasteiger partial charge in [0, 0.05) is 18.7 Å². The SMILES string of the molecule is Cc1cnc(C(=O)Cc2ccc(F)cc2F)c(C)c1. The van der Waals surface area contributed by atoms with Crippen molar-refractivity contribution in [3.63, 3.8) is 0 Å². The largest absolute Gasteiger partial charge is 0.292 e. The van der Waals surface area contributed by atoms with E-state index in [0.717, 1.165) is 23.3 Å². The summed E-state index contributed by atoms with van der Waals surface area (Å²) < 4.78 is 26.3. The molecular formula is C15H13F2NO. The smallest absolute Gasteiger partial charge is 0.185 e. The zero-order chi connectivity index (χ0) is 14.0. The molecule has 0 aliphatic carbocycles. The van der Waals surface area contributed by atoms with Gasteiger partial charge >= 0.3 is 0 Å². The molecule has 0 aliphatic heterocycles. The summed E-state index contributed by atoms with van der Waals surface area (Å²) in [6, 6.07) is 5.05. The van der Waals surface area contributed by atoms with E-state index in [4.69, 9.17) is 0 Å². The molecule has 0 unspecified atom stereocenters. The normalized spacial score (nSPS) is 10.5. The van der Waals surface area contributed by atoms with Crippen LogP contribution in [-0.4, -0.2) is 10.8 Å². The van der Waals surface area contributed by atoms with E-state index in [1.807, 2.05) is 13.0 Å². The number of aromatic nitrogens is 1. The molecule has 2 nitrogen and oxygen atoms in total. The van der Waals surface area contributed by atoms with Crippen LogP contribution < -0.4 is 0 Å². The van der Waals surface area contributed by atoms with Crippen molar-refractivity contribution < 1.29 is 13.6 Å². The van der Waals surface area contributed by atoms with Crippen molar-refractivity contribution in [2.75, 3.05) is 0 Å². The van der Waals surface area contributed by atoms with E-state index in [-0.39, 0.29) is 17.8 Å². The summed E-state index contributed by atoms with van der Waals surface area (Å²) in [7, 11) is 0. The predicted octanol–water partition coefficient (Wildman–Crippen LogP) is 3.40. The summed E-state index contributed by atoms with van der Waals surface area (Å²) in [6.45, 7) is 3.67. The van der Waals surface area contributed by atoms with Crippen molar-refractivity contribution in [1.29, 1.82) is 0 Å². The lowest BCUT2D eigenvalue weighted by Gasteiger charge is -2.06. The van der Waals surface area contributed by atoms with Gasteiger partial charge in [-0.25, -0.2) is 8.78 Å². The summed E-state index contributed by atoms with van der Waals surface area (Å²) in [5, 5.41) is 0. The molecule has 0 bridgehead atoms. The van der Waals surface area contributed by atoms with Crippen molar-refractivity contribution >= 4 is 5.78 Å². The van der Waals surface area contributed by atoms with Crippen LogP contribution in [0.25, 0.3) is 0 Å². The molecule has 0 N–H and O–H groups in total. The van der Waals surface area contributed by atoms with Gasteiger partial charge in [0.25, 0.3) is 0 Å². The molecule has 0 radical (unpaired) electrons. The number of nitrogens with zero attached hydrogens (tertiary/aromatic N) is 1. The van der Waals surface area contributed by atoms with Crippen LogP contribution in [0.2, 0.25) is 0 Å². The van der Waals surface area contributed by atoms with Crippen LogP contribution in [-0.2, 0) is 6.42 Å². The summed E-state index contributed by atoms with van der Waals surface area (Å²) in [5.74, 6) is -1.64. The zero-order valence-electron chi connectivity index (χ0n) is 10.7. The fraction of sp³-hybridized carbons (Fsp3) is 0.200. The predicted molar refractivity (Wildman–Crippen MR) is 68.1 cm³/mol. The molecule has 19 heavy (non-hydrogen) atoms. The van der Waals surface area contributed by atoms with Gasteiger partial charge in [0.1, 0.15) is 17.3 Å². The van der Waals surface area contributed by atoms with Crippen molar-refractivity contribution in [3.05, 3.63) is 64.5 Å². The first kappa shape index (κ1) is 13.3. The highest BCUT2D eigenvalue weighted by atomic mass is 19.1. The highest BCUT2D eigenvalue weighted by Gasteiger charge is 2.14. The molecule has 4 heteroatoms. The van der Waals surface area contributed by atoms with Crippen LogP contribution in [0.5, 0.6) is 0 Å². The van der Waals surface area contributed by atoms with Crippen molar-refractivity contribution in [1.82, 2.24) is 4.98 Å². The highest BCUT2D eigenvalue weighted by Crippen LogP contribution is 2.14. The van der Waals surface area contributed by atoms with E-state index in [2.05, 4.69) is 4.98 Å². The maximum absolute atomic E-state index is 13.5. The van der Waals surface area contributed by atoms with Gasteiger partial charge in [-0.1, -0.05) is 12.1 Å². The van der Waals surface area contributed by atoms with Crippen molar-refractivity contribution in [2.45, 2.75) is 20.3 Å². The standard InChI is InChI=1S/C15H13F2NO/c1-9-5-10(2)15(18-8-9)14(19)6-11-3-4-12(16)7-13(11)17/h3-5,7-8H,6H2,1-2H3. The molecule has 0 spiro atoms. The number of Topliss-reactive ketones (excluding diaryl/α,β-unsaturated/α-hetero) is 1. The van der Waals surface area contributed by atoms with Gasteiger partial charge in [0.05, 0.1) is 0 Å². The summed E-state index contributed by atoms with van der Waals surface area (Å²) in [5.41, 5.74) is 2.22. The molecule has 0 fully saturated rings. The minimum absolute atomic E-state index is 0.122. The van der Waals surface area contributed by atoms with Crippen LogP contribution in [0.3, 0.4) is 0 Å². The number of hydrogen-bond donors (Lipinski definition) is 0. The van der Waals surface area contributed by atoms with E-state index in [0.29, 0.717) is 5.69 Å². The molecular weight excluding hydrogens is 248 g/mol. The van der Waals surface area contributed by atoms with Gasteiger partial charge in [-0.15, -0.1) is 0 Å². The molecule has 2 rings (SSSR count). The molecule has 0 amide bonds. The molecule has 0 saturated heterocycles. The first-order valence-electron chi connectivity index (χ1n) is 5.88. The first-order chi connectivity index (χ1) is 8.97. The van der Waals surface area contributed by atoms with Gasteiger partial charge in [-0.2, -0.15) is 0 Å². The Labute approximate surface area is 110 Å². The number of rotatable bonds is 3. The summed E-state index contributed by atoms with van der Waals surface area (Å²) in [4.78, 5) is 16.1. The van der Waals surface area contributed by atoms with E-state index >= 15 is 0 Å². The topological polar surface area (TPSA) is 30.0 Å². The molecule has 0 aliphatic rings. The third kappa shape index (κ3) is 3.02. The quantitative estimate of drug-likeness (QED) is 0.792. The van der Waals surface area contributed by atoms with Crippen molar-refractivity contribution in [2.24, 2.45) is 0 Å². The second kappa shape index (κ2) is 5.26. The van der Waals surface area contributed by atoms with Crippen LogP contribution in [0.4, 0.5) is 8.78 Å². The lowest BCUT2D eigenvalue weighted by Crippen LogP contribution is -2.09. The molecule has 98 valence electrons. The van der Waals surface area contributed by atoms with Crippen LogP contribution >= 0.6 is 0 Å². The Bertz CT molecular complexity index is 638. The molecule has 0 saturated carbocycles. The van der Waals surface area contributed by atoms with E-state index in [9.17, 15) is 13.6 Å². The van der Waals surface area contributed by atoms with Gasteiger partial charge in [0.2, 0.25) is 0 Å². The van der Waals surface area contributed by atoms with Gasteiger partial charge < -0.3 is 0 Å². The van der Waals surface area contributed by atoms with Crippen LogP contribution in [0, 0.1) is 25.5 Å². The molecule has 2 aromatic rings. The minimum atomic E-state index is -0.710. The Morgan fingerprint density at radius 3 is 2.58 bits per heavy atom. The average Bonchev–Trinajstić information content (AvgIpc) is 2.32. The fourth-order valence-corrected chi connectivity index (χ4v) is 1.93. The molecule has 1 heterocycles. The molecule has 1 aromatic heterocycles. The molecule has 0 atom stereocenters. The lowest BCUT2D eigenvalue weighted by molar-refractivity contribution is 0.0986. The Morgan fingerprint density at radius 2 is 1.95 bits per heavy atom. The number of hydrogen-bond acceptors (Lipinski definition) is 2. The van der Waals surface area contributed by atoms with E-state index in [1.54, 1.807) is 13.1 Å². The number of ketones is 1. The second-order valence-electron chi connectivity index (χ2n) is 4.51. The molecule has 1 aromatic carbocycles. The van der Waals surface area contributed by atoms with Gasteiger partial charge in [-0.05, 0) is 36.6 Å². The number of pyridine rings is 1. The Kier molecular flexibility index (Phi) is 3.69. The number of carbonyl (C=O) groups is 1. The Balaban J connectivity index is 2.25. The minimum Gasteiger partial charge on any atom is -0.292 e. The second-order valence-corrected chi connectivity index (χ2v) is 4.51. The zero-order valence-corrected chi connectivity index (χ0v) is 10.7. The number of halogens is 2. The average molecular weight is 261 g/mol. The lowest BCUT2D eigenvalue weighted by atomic mass is 10.0. The number of aryl methyl sites for hydroxylation is 2. The van der Waals surface area contributed by atoms with Gasteiger partial charge in [-0.3, -0.25) is 9.78 Å². The highest BCUT2D eigenvalue weighted by molar-refractivity contribution is 5.97. The van der Waals surface area contributed by atoms with Crippen molar-refractivity contribution in [3.8, 4) is 0 Å². The van der Waals surface area contributed by atoms with Crippen LogP contribution in [0.15, 0.2) is 30.5 Å². The Hall–Kier alpha value is -2.10. The third-order valence-electron chi connectivity index (χ3n) is 2.85. The number of benzene rings is 1. The maximum Gasteiger partial charge on any atom is 0.185 e. The van der Waals surface area contributed by atoms with Gasteiger partial charge in [0.15, 0.2) is 5.78 Å². The van der Waals surface area contributed by atoms with E-state index < -0.39 is 11.6 Å². The number of carbonyl (C=O) groups excluding carboxylic acids is 1. The third-order valence-corrected chi connectivity index (χ3v) is 2.85. The monoisotopic (exact) mass is 261 g/mol. The fourth-order valence-electron chi connectivity index (χ4n) is 1.93. The maximum atomic E-state index is 13.5. The first-order valence-corrected chi connectivity index (χ1v) is 5.88. The Morgan fingerprint density at radius 1 is 1.21 bits per heavy atom. The van der Waals surface area contributed by atoms with E-state index in [1.165, 1.54) is 6.07 Å². The van der Waals surface area contributed by atoms with Crippen LogP contribution in [0.1, 0.15) is 27.2 Å².